The van der Waals surface area contributed by atoms with E-state index in [1.54, 1.807) is 4.90 Å². The van der Waals surface area contributed by atoms with Crippen molar-refractivity contribution in [2.24, 2.45) is 11.8 Å². The SMILES string of the molecule is CCCOC(=O)[C@H]1[C@@H]2C=C[C@@]3(CN(c4cccc(C)c4)C(=O)[C@H]13)O2. The minimum atomic E-state index is -0.693. The van der Waals surface area contributed by atoms with Gasteiger partial charge in [-0.3, -0.25) is 9.59 Å². The molecular formula is C19H21NO4. The predicted molar refractivity (Wildman–Crippen MR) is 88.5 cm³/mol. The van der Waals surface area contributed by atoms with Crippen molar-refractivity contribution in [3.8, 4) is 0 Å². The molecule has 1 aromatic carbocycles. The first kappa shape index (κ1) is 15.4. The average Bonchev–Trinajstić information content (AvgIpc) is 3.21. The van der Waals surface area contributed by atoms with Crippen LogP contribution in [-0.2, 0) is 19.1 Å². The molecule has 3 heterocycles. The van der Waals surface area contributed by atoms with E-state index in [2.05, 4.69) is 0 Å². The lowest BCUT2D eigenvalue weighted by atomic mass is 9.77. The molecule has 126 valence electrons. The lowest BCUT2D eigenvalue weighted by Crippen LogP contribution is -2.40. The van der Waals surface area contributed by atoms with Gasteiger partial charge in [0.15, 0.2) is 0 Å². The summed E-state index contributed by atoms with van der Waals surface area (Å²) in [4.78, 5) is 27.3. The summed E-state index contributed by atoms with van der Waals surface area (Å²) in [6.07, 6.45) is 4.28. The summed E-state index contributed by atoms with van der Waals surface area (Å²) in [7, 11) is 0. The van der Waals surface area contributed by atoms with Crippen LogP contribution in [0, 0.1) is 18.8 Å². The van der Waals surface area contributed by atoms with Crippen molar-refractivity contribution in [2.75, 3.05) is 18.1 Å². The Hall–Kier alpha value is -2.14. The van der Waals surface area contributed by atoms with Crippen LogP contribution < -0.4 is 4.90 Å². The van der Waals surface area contributed by atoms with Crippen molar-refractivity contribution in [1.29, 1.82) is 0 Å². The number of carbonyl (C=O) groups is 2. The molecule has 5 nitrogen and oxygen atoms in total. The van der Waals surface area contributed by atoms with Crippen LogP contribution in [0.25, 0.3) is 0 Å². The maximum Gasteiger partial charge on any atom is 0.312 e. The summed E-state index contributed by atoms with van der Waals surface area (Å²) in [5.41, 5.74) is 1.25. The van der Waals surface area contributed by atoms with Gasteiger partial charge in [-0.15, -0.1) is 0 Å². The van der Waals surface area contributed by atoms with Crippen LogP contribution in [0.5, 0.6) is 0 Å². The van der Waals surface area contributed by atoms with Gasteiger partial charge in [-0.05, 0) is 31.0 Å². The van der Waals surface area contributed by atoms with Crippen LogP contribution >= 0.6 is 0 Å². The fourth-order valence-corrected chi connectivity index (χ4v) is 4.08. The molecule has 1 amide bonds. The summed E-state index contributed by atoms with van der Waals surface area (Å²) < 4.78 is 11.4. The molecule has 0 radical (unpaired) electrons. The van der Waals surface area contributed by atoms with E-state index in [1.807, 2.05) is 50.3 Å². The van der Waals surface area contributed by atoms with Crippen molar-refractivity contribution in [1.82, 2.24) is 0 Å². The Morgan fingerprint density at radius 2 is 2.29 bits per heavy atom. The Bertz CT molecular complexity index is 728. The van der Waals surface area contributed by atoms with Gasteiger partial charge in [0, 0.05) is 5.69 Å². The number of hydrogen-bond donors (Lipinski definition) is 0. The van der Waals surface area contributed by atoms with E-state index in [1.165, 1.54) is 0 Å². The van der Waals surface area contributed by atoms with Crippen LogP contribution in [0.2, 0.25) is 0 Å². The molecule has 1 aromatic rings. The second kappa shape index (κ2) is 5.45. The van der Waals surface area contributed by atoms with E-state index in [4.69, 9.17) is 9.47 Å². The molecule has 4 atom stereocenters. The lowest BCUT2D eigenvalue weighted by Gasteiger charge is -2.22. The van der Waals surface area contributed by atoms with Gasteiger partial charge >= 0.3 is 5.97 Å². The number of amides is 1. The van der Waals surface area contributed by atoms with Crippen LogP contribution in [0.3, 0.4) is 0 Å². The fourth-order valence-electron chi connectivity index (χ4n) is 4.08. The first-order valence-electron chi connectivity index (χ1n) is 8.47. The summed E-state index contributed by atoms with van der Waals surface area (Å²) in [5, 5.41) is 0. The topological polar surface area (TPSA) is 55.8 Å². The fraction of sp³-hybridized carbons (Fsp3) is 0.474. The summed E-state index contributed by atoms with van der Waals surface area (Å²) in [5.74, 6) is -1.40. The molecule has 3 aliphatic heterocycles. The number of esters is 1. The number of ether oxygens (including phenoxy) is 2. The van der Waals surface area contributed by atoms with E-state index >= 15 is 0 Å². The van der Waals surface area contributed by atoms with Gasteiger partial charge in [-0.25, -0.2) is 0 Å². The van der Waals surface area contributed by atoms with E-state index in [9.17, 15) is 9.59 Å². The van der Waals surface area contributed by atoms with Crippen molar-refractivity contribution in [3.05, 3.63) is 42.0 Å². The monoisotopic (exact) mass is 327 g/mol. The molecule has 0 unspecified atom stereocenters. The highest BCUT2D eigenvalue weighted by molar-refractivity contribution is 6.02. The molecule has 0 aromatic heterocycles. The minimum Gasteiger partial charge on any atom is -0.465 e. The third-order valence-electron chi connectivity index (χ3n) is 5.13. The first-order valence-corrected chi connectivity index (χ1v) is 8.47. The highest BCUT2D eigenvalue weighted by Gasteiger charge is 2.67. The highest BCUT2D eigenvalue weighted by atomic mass is 16.6. The Kier molecular flexibility index (Phi) is 3.49. The number of rotatable bonds is 4. The van der Waals surface area contributed by atoms with Gasteiger partial charge in [0.05, 0.1) is 25.2 Å². The molecular weight excluding hydrogens is 306 g/mol. The van der Waals surface area contributed by atoms with E-state index < -0.39 is 17.4 Å². The van der Waals surface area contributed by atoms with Gasteiger partial charge in [-0.1, -0.05) is 31.2 Å². The number of anilines is 1. The number of nitrogens with zero attached hydrogens (tertiary/aromatic N) is 1. The van der Waals surface area contributed by atoms with Gasteiger partial charge in [-0.2, -0.15) is 0 Å². The first-order chi connectivity index (χ1) is 11.6. The van der Waals surface area contributed by atoms with E-state index in [0.29, 0.717) is 13.2 Å². The predicted octanol–water partition coefficient (Wildman–Crippen LogP) is 2.23. The van der Waals surface area contributed by atoms with Gasteiger partial charge in [0.1, 0.15) is 11.5 Å². The summed E-state index contributed by atoms with van der Waals surface area (Å²) >= 11 is 0. The van der Waals surface area contributed by atoms with E-state index in [0.717, 1.165) is 17.7 Å². The molecule has 2 bridgehead atoms. The lowest BCUT2D eigenvalue weighted by molar-refractivity contribution is -0.152. The van der Waals surface area contributed by atoms with Gasteiger partial charge < -0.3 is 14.4 Å². The molecule has 5 heteroatoms. The molecule has 4 rings (SSSR count). The minimum absolute atomic E-state index is 0.0501. The third-order valence-corrected chi connectivity index (χ3v) is 5.13. The molecule has 2 saturated heterocycles. The number of benzene rings is 1. The molecule has 0 aliphatic carbocycles. The Morgan fingerprint density at radius 1 is 1.46 bits per heavy atom. The molecule has 2 fully saturated rings. The Labute approximate surface area is 141 Å². The average molecular weight is 327 g/mol. The molecule has 0 saturated carbocycles. The zero-order valence-electron chi connectivity index (χ0n) is 13.9. The maximum absolute atomic E-state index is 13.1. The van der Waals surface area contributed by atoms with E-state index in [-0.39, 0.29) is 18.0 Å². The number of hydrogen-bond acceptors (Lipinski definition) is 4. The maximum atomic E-state index is 13.1. The zero-order valence-corrected chi connectivity index (χ0v) is 13.9. The summed E-state index contributed by atoms with van der Waals surface area (Å²) in [6.45, 7) is 4.77. The number of carbonyl (C=O) groups excluding carboxylic acids is 2. The van der Waals surface area contributed by atoms with Crippen molar-refractivity contribution >= 4 is 17.6 Å². The second-order valence-electron chi connectivity index (χ2n) is 6.83. The van der Waals surface area contributed by atoms with Crippen LogP contribution in [0.4, 0.5) is 5.69 Å². The Balaban J connectivity index is 1.65. The molecule has 0 N–H and O–H groups in total. The van der Waals surface area contributed by atoms with Crippen LogP contribution in [0.1, 0.15) is 18.9 Å². The second-order valence-corrected chi connectivity index (χ2v) is 6.83. The van der Waals surface area contributed by atoms with Crippen molar-refractivity contribution < 1.29 is 19.1 Å². The number of aryl methyl sites for hydroxylation is 1. The molecule has 1 spiro atoms. The third kappa shape index (κ3) is 2.11. The van der Waals surface area contributed by atoms with Crippen LogP contribution in [-0.4, -0.2) is 36.7 Å². The van der Waals surface area contributed by atoms with Crippen molar-refractivity contribution in [2.45, 2.75) is 32.0 Å². The van der Waals surface area contributed by atoms with Crippen LogP contribution in [0.15, 0.2) is 36.4 Å². The highest BCUT2D eigenvalue weighted by Crippen LogP contribution is 2.52. The largest absolute Gasteiger partial charge is 0.465 e. The van der Waals surface area contributed by atoms with Crippen molar-refractivity contribution in [3.63, 3.8) is 0 Å². The quantitative estimate of drug-likeness (QED) is 0.629. The van der Waals surface area contributed by atoms with Gasteiger partial charge in [0.2, 0.25) is 5.91 Å². The summed E-state index contributed by atoms with van der Waals surface area (Å²) in [6, 6.07) is 7.83. The van der Waals surface area contributed by atoms with Gasteiger partial charge in [0.25, 0.3) is 0 Å². The standard InChI is InChI=1S/C19H21NO4/c1-3-9-23-18(22)15-14-7-8-19(24-14)11-20(17(21)16(15)19)13-6-4-5-12(2)10-13/h4-8,10,14-16H,3,9,11H2,1-2H3/t14-,15-,16-,19-/m0/s1. The zero-order chi connectivity index (χ0) is 16.9. The number of fused-ring (bicyclic) bond motifs is 1. The molecule has 24 heavy (non-hydrogen) atoms. The molecule has 3 aliphatic rings. The normalized spacial score (nSPS) is 33.2. The smallest absolute Gasteiger partial charge is 0.312 e. The Morgan fingerprint density at radius 3 is 3.04 bits per heavy atom.